The molecule has 1 fully saturated rings. The van der Waals surface area contributed by atoms with Crippen LogP contribution in [0.15, 0.2) is 12.1 Å². The van der Waals surface area contributed by atoms with Crippen molar-refractivity contribution >= 4 is 11.7 Å². The summed E-state index contributed by atoms with van der Waals surface area (Å²) in [6.07, 6.45) is -4.04. The molecule has 1 saturated carbocycles. The van der Waals surface area contributed by atoms with E-state index in [2.05, 4.69) is 20.3 Å². The third-order valence-corrected chi connectivity index (χ3v) is 4.94. The lowest BCUT2D eigenvalue weighted by Gasteiger charge is -2.22. The largest absolute Gasteiger partial charge is 0.522 e. The number of carbonyl (C=O) groups excluding carboxylic acids is 1. The smallest absolute Gasteiger partial charge is 0.305 e. The van der Waals surface area contributed by atoms with Crippen molar-refractivity contribution in [2.75, 3.05) is 5.32 Å². The molecule has 0 spiro atoms. The molecule has 0 bridgehead atoms. The monoisotopic (exact) mass is 431 g/mol. The molecule has 0 aliphatic heterocycles. The zero-order chi connectivity index (χ0) is 22.3. The number of halogens is 4. The normalized spacial score (nSPS) is 20.0. The molecule has 0 saturated heterocycles. The Kier molecular flexibility index (Phi) is 5.94. The van der Waals surface area contributed by atoms with Crippen LogP contribution in [0.25, 0.3) is 0 Å². The Balaban J connectivity index is 1.81. The Morgan fingerprint density at radius 3 is 2.50 bits per heavy atom. The van der Waals surface area contributed by atoms with E-state index in [4.69, 9.17) is 0 Å². The SMILES string of the molecule is Cn1nc(COC(F)(F)F)cc1C(=O)Nc1cc([C@@H]2CC[C@@H](F)C2)nn1C(C)(C)C. The molecule has 0 radical (unpaired) electrons. The van der Waals surface area contributed by atoms with Gasteiger partial charge in [0.1, 0.15) is 24.3 Å². The van der Waals surface area contributed by atoms with Crippen LogP contribution in [-0.2, 0) is 23.9 Å². The van der Waals surface area contributed by atoms with Gasteiger partial charge in [-0.1, -0.05) is 0 Å². The Morgan fingerprint density at radius 1 is 1.23 bits per heavy atom. The number of anilines is 1. The highest BCUT2D eigenvalue weighted by Crippen LogP contribution is 2.37. The molecule has 0 unspecified atom stereocenters. The summed E-state index contributed by atoms with van der Waals surface area (Å²) >= 11 is 0. The summed E-state index contributed by atoms with van der Waals surface area (Å²) in [4.78, 5) is 12.8. The van der Waals surface area contributed by atoms with Crippen molar-refractivity contribution in [3.05, 3.63) is 29.2 Å². The Morgan fingerprint density at radius 2 is 1.93 bits per heavy atom. The maximum atomic E-state index is 13.6. The molecule has 2 aromatic heterocycles. The third-order valence-electron chi connectivity index (χ3n) is 4.94. The molecule has 30 heavy (non-hydrogen) atoms. The van der Waals surface area contributed by atoms with E-state index >= 15 is 0 Å². The lowest BCUT2D eigenvalue weighted by atomic mass is 10.0. The van der Waals surface area contributed by atoms with E-state index in [1.165, 1.54) is 17.8 Å². The number of aromatic nitrogens is 4. The highest BCUT2D eigenvalue weighted by atomic mass is 19.4. The Bertz CT molecular complexity index is 913. The van der Waals surface area contributed by atoms with Crippen LogP contribution in [0.3, 0.4) is 0 Å². The number of aryl methyl sites for hydroxylation is 1. The maximum absolute atomic E-state index is 13.6. The number of amides is 1. The molecule has 0 aromatic carbocycles. The van der Waals surface area contributed by atoms with Gasteiger partial charge in [-0.25, -0.2) is 9.07 Å². The number of hydrogen-bond donors (Lipinski definition) is 1. The van der Waals surface area contributed by atoms with Gasteiger partial charge in [-0.3, -0.25) is 14.2 Å². The molecule has 1 aliphatic rings. The number of nitrogens with one attached hydrogen (secondary N) is 1. The van der Waals surface area contributed by atoms with E-state index < -0.39 is 30.6 Å². The van der Waals surface area contributed by atoms with Crippen LogP contribution >= 0.6 is 0 Å². The van der Waals surface area contributed by atoms with Gasteiger partial charge >= 0.3 is 6.36 Å². The van der Waals surface area contributed by atoms with Crippen LogP contribution in [-0.4, -0.2) is 38.0 Å². The highest BCUT2D eigenvalue weighted by Gasteiger charge is 2.31. The van der Waals surface area contributed by atoms with Crippen LogP contribution in [0.1, 0.15) is 67.8 Å². The fourth-order valence-corrected chi connectivity index (χ4v) is 3.54. The number of carbonyl (C=O) groups is 1. The maximum Gasteiger partial charge on any atom is 0.522 e. The Hall–Kier alpha value is -2.43. The molecule has 2 heterocycles. The molecule has 2 aromatic rings. The van der Waals surface area contributed by atoms with Gasteiger partial charge in [0.2, 0.25) is 0 Å². The van der Waals surface area contributed by atoms with Crippen molar-refractivity contribution in [1.29, 1.82) is 0 Å². The zero-order valence-electron chi connectivity index (χ0n) is 17.3. The van der Waals surface area contributed by atoms with Gasteiger partial charge < -0.3 is 5.32 Å². The van der Waals surface area contributed by atoms with Gasteiger partial charge in [-0.05, 0) is 46.1 Å². The summed E-state index contributed by atoms with van der Waals surface area (Å²) in [7, 11) is 1.46. The Labute approximate surface area is 171 Å². The first kappa shape index (κ1) is 22.3. The molecule has 3 rings (SSSR count). The van der Waals surface area contributed by atoms with Crippen LogP contribution in [0.4, 0.5) is 23.4 Å². The second-order valence-electron chi connectivity index (χ2n) is 8.48. The van der Waals surface area contributed by atoms with Gasteiger partial charge in [-0.15, -0.1) is 13.2 Å². The fourth-order valence-electron chi connectivity index (χ4n) is 3.54. The van der Waals surface area contributed by atoms with Gasteiger partial charge in [0.05, 0.1) is 16.9 Å². The second-order valence-corrected chi connectivity index (χ2v) is 8.48. The summed E-state index contributed by atoms with van der Waals surface area (Å²) in [5, 5.41) is 11.2. The van der Waals surface area contributed by atoms with Gasteiger partial charge in [0.25, 0.3) is 5.91 Å². The van der Waals surface area contributed by atoms with E-state index in [1.807, 2.05) is 20.8 Å². The molecular formula is C19H25F4N5O2. The van der Waals surface area contributed by atoms with Crippen LogP contribution in [0.5, 0.6) is 0 Å². The summed E-state index contributed by atoms with van der Waals surface area (Å²) < 4.78 is 56.9. The van der Waals surface area contributed by atoms with Crippen LogP contribution in [0.2, 0.25) is 0 Å². The number of alkyl halides is 4. The topological polar surface area (TPSA) is 74.0 Å². The highest BCUT2D eigenvalue weighted by molar-refractivity contribution is 6.02. The number of ether oxygens (including phenoxy) is 1. The van der Waals surface area contributed by atoms with Gasteiger partial charge in [-0.2, -0.15) is 10.2 Å². The fraction of sp³-hybridized carbons (Fsp3) is 0.632. The third kappa shape index (κ3) is 5.18. The van der Waals surface area contributed by atoms with Crippen LogP contribution < -0.4 is 5.32 Å². The van der Waals surface area contributed by atoms with E-state index in [0.717, 1.165) is 0 Å². The van der Waals surface area contributed by atoms with E-state index in [-0.39, 0.29) is 17.3 Å². The van der Waals surface area contributed by atoms with Crippen molar-refractivity contribution in [2.45, 2.75) is 70.6 Å². The van der Waals surface area contributed by atoms with Crippen molar-refractivity contribution < 1.29 is 27.1 Å². The summed E-state index contributed by atoms with van der Waals surface area (Å²) in [5.74, 6) is -0.129. The predicted octanol–water partition coefficient (Wildman–Crippen LogP) is 4.27. The molecule has 11 heteroatoms. The molecule has 7 nitrogen and oxygen atoms in total. The summed E-state index contributed by atoms with van der Waals surface area (Å²) in [6.45, 7) is 4.97. The van der Waals surface area contributed by atoms with Gasteiger partial charge in [0, 0.05) is 19.0 Å². The zero-order valence-corrected chi connectivity index (χ0v) is 17.3. The van der Waals surface area contributed by atoms with E-state index in [0.29, 0.717) is 30.8 Å². The molecule has 2 atom stereocenters. The lowest BCUT2D eigenvalue weighted by molar-refractivity contribution is -0.330. The summed E-state index contributed by atoms with van der Waals surface area (Å²) in [5.41, 5.74) is 0.311. The predicted molar refractivity (Wildman–Crippen MR) is 101 cm³/mol. The quantitative estimate of drug-likeness (QED) is 0.718. The first-order valence-corrected chi connectivity index (χ1v) is 9.63. The van der Waals surface area contributed by atoms with Crippen molar-refractivity contribution in [3.63, 3.8) is 0 Å². The van der Waals surface area contributed by atoms with E-state index in [9.17, 15) is 22.4 Å². The lowest BCUT2D eigenvalue weighted by Crippen LogP contribution is -2.27. The van der Waals surface area contributed by atoms with Gasteiger partial charge in [0.15, 0.2) is 0 Å². The van der Waals surface area contributed by atoms with Crippen molar-refractivity contribution in [2.24, 2.45) is 7.05 Å². The minimum absolute atomic E-state index is 0.0120. The molecular weight excluding hydrogens is 406 g/mol. The molecule has 1 N–H and O–H groups in total. The molecule has 1 amide bonds. The second kappa shape index (κ2) is 8.01. The standard InChI is InChI=1S/C19H25F4N5O2/c1-18(2,3)28-16(9-14(26-28)11-5-6-12(20)7-11)24-17(29)15-8-13(25-27(15)4)10-30-19(21,22)23/h8-9,11-12H,5-7,10H2,1-4H3,(H,24,29)/t11-,12-/m1/s1. The van der Waals surface area contributed by atoms with Crippen molar-refractivity contribution in [3.8, 4) is 0 Å². The molecule has 1 aliphatic carbocycles. The van der Waals surface area contributed by atoms with E-state index in [1.54, 1.807) is 10.7 Å². The minimum atomic E-state index is -4.78. The molecule has 166 valence electrons. The average Bonchev–Trinajstić information content (AvgIpc) is 3.30. The number of nitrogens with zero attached hydrogens (tertiary/aromatic N) is 4. The minimum Gasteiger partial charge on any atom is -0.305 e. The van der Waals surface area contributed by atoms with Crippen molar-refractivity contribution in [1.82, 2.24) is 19.6 Å². The van der Waals surface area contributed by atoms with Crippen LogP contribution in [0, 0.1) is 0 Å². The summed E-state index contributed by atoms with van der Waals surface area (Å²) in [6, 6.07) is 2.97. The number of rotatable bonds is 5. The first-order valence-electron chi connectivity index (χ1n) is 9.63. The number of hydrogen-bond acceptors (Lipinski definition) is 4. The average molecular weight is 431 g/mol. The first-order chi connectivity index (χ1) is 13.8.